The van der Waals surface area contributed by atoms with Crippen LogP contribution in [0.1, 0.15) is 0 Å². The largest absolute Gasteiger partial charge is 0.361 e. The molecule has 142 valence electrons. The normalized spacial score (nSPS) is 11.1. The number of hydrogen-bond acceptors (Lipinski definition) is 6. The van der Waals surface area contributed by atoms with Crippen LogP contribution in [0.15, 0.2) is 52.1 Å². The van der Waals surface area contributed by atoms with E-state index >= 15 is 0 Å². The molecule has 1 aromatic carbocycles. The number of benzene rings is 1. The van der Waals surface area contributed by atoms with E-state index in [1.807, 2.05) is 25.1 Å². The van der Waals surface area contributed by atoms with Crippen LogP contribution in [0.4, 0.5) is 11.5 Å². The van der Waals surface area contributed by atoms with Crippen molar-refractivity contribution in [3.05, 3.63) is 57.7 Å². The van der Waals surface area contributed by atoms with E-state index in [4.69, 9.17) is 0 Å². The Hall–Kier alpha value is -3.27. The molecule has 3 aromatic heterocycles. The van der Waals surface area contributed by atoms with Gasteiger partial charge in [-0.25, -0.2) is 4.68 Å². The van der Waals surface area contributed by atoms with Crippen molar-refractivity contribution < 1.29 is 4.79 Å². The molecule has 0 unspecified atom stereocenters. The van der Waals surface area contributed by atoms with Gasteiger partial charge in [0.05, 0.1) is 11.1 Å². The molecule has 4 aromatic rings. The minimum Gasteiger partial charge on any atom is -0.361 e. The zero-order chi connectivity index (χ0) is 19.8. The summed E-state index contributed by atoms with van der Waals surface area (Å²) >= 11 is 3.42. The molecule has 0 aliphatic heterocycles. The Morgan fingerprint density at radius 3 is 2.82 bits per heavy atom. The highest BCUT2D eigenvalue weighted by molar-refractivity contribution is 9.10. The lowest BCUT2D eigenvalue weighted by molar-refractivity contribution is -0.117. The van der Waals surface area contributed by atoms with Gasteiger partial charge in [-0.3, -0.25) is 14.0 Å². The van der Waals surface area contributed by atoms with Crippen LogP contribution in [0, 0.1) is 0 Å². The number of hydrogen-bond donors (Lipinski definition) is 1. The molecule has 10 heteroatoms. The van der Waals surface area contributed by atoms with Gasteiger partial charge in [0.1, 0.15) is 12.9 Å². The smallest absolute Gasteiger partial charge is 0.275 e. The van der Waals surface area contributed by atoms with Crippen LogP contribution in [-0.2, 0) is 11.3 Å². The number of rotatable bonds is 4. The fourth-order valence-corrected chi connectivity index (χ4v) is 3.28. The van der Waals surface area contributed by atoms with E-state index in [0.717, 1.165) is 9.86 Å². The highest BCUT2D eigenvalue weighted by Crippen LogP contribution is 2.24. The summed E-state index contributed by atoms with van der Waals surface area (Å²) in [6, 6.07) is 8.83. The maximum absolute atomic E-state index is 12.8. The first-order chi connectivity index (χ1) is 13.4. The minimum absolute atomic E-state index is 0.202. The third-order valence-corrected chi connectivity index (χ3v) is 4.69. The second-order valence-corrected chi connectivity index (χ2v) is 7.35. The molecule has 3 heterocycles. The first kappa shape index (κ1) is 18.1. The molecule has 0 saturated carbocycles. The molecule has 0 fully saturated rings. The molecule has 0 bridgehead atoms. The first-order valence-electron chi connectivity index (χ1n) is 8.39. The van der Waals surface area contributed by atoms with E-state index in [-0.39, 0.29) is 18.0 Å². The number of anilines is 2. The lowest BCUT2D eigenvalue weighted by Gasteiger charge is -2.16. The fraction of sp³-hybridized carbons (Fsp3) is 0.167. The van der Waals surface area contributed by atoms with E-state index in [1.165, 1.54) is 4.68 Å². The molecule has 0 aliphatic carbocycles. The van der Waals surface area contributed by atoms with Crippen molar-refractivity contribution in [1.82, 2.24) is 24.4 Å². The highest BCUT2D eigenvalue weighted by Gasteiger charge is 2.15. The Morgan fingerprint density at radius 2 is 2.04 bits per heavy atom. The van der Waals surface area contributed by atoms with Gasteiger partial charge in [-0.2, -0.15) is 5.10 Å². The minimum atomic E-state index is -0.358. The number of nitrogens with one attached hydrogen (secondary N) is 1. The molecule has 1 N–H and O–H groups in total. The van der Waals surface area contributed by atoms with Gasteiger partial charge in [-0.1, -0.05) is 15.9 Å². The lowest BCUT2D eigenvalue weighted by atomic mass is 10.2. The number of carbonyl (C=O) groups excluding carboxylic acids is 1. The third-order valence-electron chi connectivity index (χ3n) is 4.19. The van der Waals surface area contributed by atoms with Crippen molar-refractivity contribution in [3.8, 4) is 0 Å². The Bertz CT molecular complexity index is 1260. The first-order valence-corrected chi connectivity index (χ1v) is 9.18. The van der Waals surface area contributed by atoms with Crippen LogP contribution in [-0.4, -0.2) is 44.4 Å². The summed E-state index contributed by atoms with van der Waals surface area (Å²) in [7, 11) is 3.68. The fourth-order valence-electron chi connectivity index (χ4n) is 2.92. The van der Waals surface area contributed by atoms with Crippen LogP contribution in [0.3, 0.4) is 0 Å². The molecule has 1 amide bonds. The summed E-state index contributed by atoms with van der Waals surface area (Å²) in [6.45, 7) is -0.202. The number of aromatic nitrogens is 5. The number of halogens is 1. The molecular weight excluding hydrogens is 426 g/mol. The standard InChI is InChI=1S/C18H16BrN7O2/c1-24(2)17-14-7-11(19)3-5-13(14)18(28)26(23-17)9-16(27)21-12-4-6-15-22-20-10-25(15)8-12/h3-8,10H,9H2,1-2H3,(H,21,27). The summed E-state index contributed by atoms with van der Waals surface area (Å²) in [4.78, 5) is 27.1. The molecule has 0 aliphatic rings. The van der Waals surface area contributed by atoms with Gasteiger partial charge in [-0.15, -0.1) is 10.2 Å². The quantitative estimate of drug-likeness (QED) is 0.519. The van der Waals surface area contributed by atoms with Gasteiger partial charge in [0.25, 0.3) is 5.56 Å². The van der Waals surface area contributed by atoms with Crippen molar-refractivity contribution in [1.29, 1.82) is 0 Å². The van der Waals surface area contributed by atoms with Gasteiger partial charge in [0.2, 0.25) is 5.91 Å². The Labute approximate surface area is 167 Å². The summed E-state index contributed by atoms with van der Waals surface area (Å²) in [6.07, 6.45) is 3.24. The Morgan fingerprint density at radius 1 is 1.21 bits per heavy atom. The molecule has 9 nitrogen and oxygen atoms in total. The number of pyridine rings is 1. The number of fused-ring (bicyclic) bond motifs is 2. The van der Waals surface area contributed by atoms with Crippen molar-refractivity contribution in [3.63, 3.8) is 0 Å². The van der Waals surface area contributed by atoms with Crippen LogP contribution in [0.25, 0.3) is 16.4 Å². The van der Waals surface area contributed by atoms with Crippen LogP contribution in [0.2, 0.25) is 0 Å². The predicted molar refractivity (Wildman–Crippen MR) is 110 cm³/mol. The number of nitrogens with zero attached hydrogens (tertiary/aromatic N) is 6. The molecular formula is C18H16BrN7O2. The molecule has 0 spiro atoms. The maximum atomic E-state index is 12.8. The SMILES string of the molecule is CN(C)c1nn(CC(=O)Nc2ccc3nncn3c2)c(=O)c2ccc(Br)cc12. The maximum Gasteiger partial charge on any atom is 0.275 e. The van der Waals surface area contributed by atoms with Gasteiger partial charge in [0, 0.05) is 30.2 Å². The molecule has 0 saturated heterocycles. The summed E-state index contributed by atoms with van der Waals surface area (Å²) in [5.41, 5.74) is 0.924. The summed E-state index contributed by atoms with van der Waals surface area (Å²) in [5, 5.41) is 16.1. The zero-order valence-corrected chi connectivity index (χ0v) is 16.7. The zero-order valence-electron chi connectivity index (χ0n) is 15.1. The number of carbonyl (C=O) groups is 1. The van der Waals surface area contributed by atoms with E-state index in [9.17, 15) is 9.59 Å². The van der Waals surface area contributed by atoms with Crippen LogP contribution < -0.4 is 15.8 Å². The van der Waals surface area contributed by atoms with E-state index < -0.39 is 0 Å². The lowest BCUT2D eigenvalue weighted by Crippen LogP contribution is -2.31. The van der Waals surface area contributed by atoms with Crippen LogP contribution in [0.5, 0.6) is 0 Å². The molecule has 4 rings (SSSR count). The Kier molecular flexibility index (Phi) is 4.55. The van der Waals surface area contributed by atoms with Crippen molar-refractivity contribution in [2.45, 2.75) is 6.54 Å². The predicted octanol–water partition coefficient (Wildman–Crippen LogP) is 1.91. The van der Waals surface area contributed by atoms with Crippen molar-refractivity contribution in [2.24, 2.45) is 0 Å². The van der Waals surface area contributed by atoms with Gasteiger partial charge in [-0.05, 0) is 30.3 Å². The number of amides is 1. The van der Waals surface area contributed by atoms with Gasteiger partial charge >= 0.3 is 0 Å². The van der Waals surface area contributed by atoms with Gasteiger partial charge in [0.15, 0.2) is 11.5 Å². The molecule has 28 heavy (non-hydrogen) atoms. The average molecular weight is 442 g/mol. The van der Waals surface area contributed by atoms with Crippen molar-refractivity contribution >= 4 is 49.8 Å². The molecule has 0 radical (unpaired) electrons. The summed E-state index contributed by atoms with van der Waals surface area (Å²) < 4.78 is 3.72. The second-order valence-electron chi connectivity index (χ2n) is 6.43. The van der Waals surface area contributed by atoms with Crippen LogP contribution >= 0.6 is 15.9 Å². The third kappa shape index (κ3) is 3.33. The second kappa shape index (κ2) is 7.04. The van der Waals surface area contributed by atoms with E-state index in [1.54, 1.807) is 41.2 Å². The summed E-state index contributed by atoms with van der Waals surface area (Å²) in [5.74, 6) is 0.248. The van der Waals surface area contributed by atoms with Crippen molar-refractivity contribution in [2.75, 3.05) is 24.3 Å². The monoisotopic (exact) mass is 441 g/mol. The van der Waals surface area contributed by atoms with Gasteiger partial charge < -0.3 is 10.2 Å². The topological polar surface area (TPSA) is 97.4 Å². The molecule has 0 atom stereocenters. The van der Waals surface area contributed by atoms with E-state index in [0.29, 0.717) is 22.5 Å². The Balaban J connectivity index is 1.66. The average Bonchev–Trinajstić information content (AvgIpc) is 3.11. The van der Waals surface area contributed by atoms with E-state index in [2.05, 4.69) is 36.5 Å². The highest BCUT2D eigenvalue weighted by atomic mass is 79.9.